The molecule has 0 aliphatic carbocycles. The lowest BCUT2D eigenvalue weighted by atomic mass is 10.1. The van der Waals surface area contributed by atoms with Gasteiger partial charge < -0.3 is 15.2 Å². The predicted molar refractivity (Wildman–Crippen MR) is 68.7 cm³/mol. The fourth-order valence-electron chi connectivity index (χ4n) is 2.10. The molecule has 1 heterocycles. The highest BCUT2D eigenvalue weighted by Crippen LogP contribution is 2.12. The molecule has 2 N–H and O–H groups in total. The molecule has 2 atom stereocenters. The Morgan fingerprint density at radius 1 is 1.37 bits per heavy atom. The van der Waals surface area contributed by atoms with Crippen LogP contribution in [-0.4, -0.2) is 35.7 Å². The van der Waals surface area contributed by atoms with Gasteiger partial charge in [-0.3, -0.25) is 4.79 Å². The summed E-state index contributed by atoms with van der Waals surface area (Å²) in [6.07, 6.45) is 1.27. The summed E-state index contributed by atoms with van der Waals surface area (Å²) < 4.78 is 5.24. The molecule has 1 fully saturated rings. The van der Waals surface area contributed by atoms with Crippen LogP contribution in [0.1, 0.15) is 18.4 Å². The van der Waals surface area contributed by atoms with E-state index < -0.39 is 18.1 Å². The van der Waals surface area contributed by atoms with Gasteiger partial charge in [0, 0.05) is 13.0 Å². The van der Waals surface area contributed by atoms with Crippen LogP contribution in [0, 0.1) is 0 Å². The minimum absolute atomic E-state index is 0.272. The Kier molecular flexibility index (Phi) is 4.52. The molecule has 1 aliphatic rings. The topological polar surface area (TPSA) is 75.6 Å². The van der Waals surface area contributed by atoms with Gasteiger partial charge in [0.25, 0.3) is 0 Å². The molecule has 1 amide bonds. The number of ether oxygens (including phenoxy) is 1. The molecule has 0 radical (unpaired) electrons. The third-order valence-corrected chi connectivity index (χ3v) is 3.12. The molecule has 0 aromatic heterocycles. The van der Waals surface area contributed by atoms with Crippen molar-refractivity contribution >= 4 is 11.9 Å². The Labute approximate surface area is 111 Å². The first-order chi connectivity index (χ1) is 9.16. The average Bonchev–Trinajstić information content (AvgIpc) is 2.93. The van der Waals surface area contributed by atoms with Gasteiger partial charge in [-0.2, -0.15) is 0 Å². The fraction of sp³-hybridized carbons (Fsp3) is 0.429. The summed E-state index contributed by atoms with van der Waals surface area (Å²) in [5.74, 6) is -1.36. The third kappa shape index (κ3) is 3.79. The van der Waals surface area contributed by atoms with Gasteiger partial charge in [-0.05, 0) is 18.4 Å². The van der Waals surface area contributed by atoms with E-state index in [9.17, 15) is 14.7 Å². The SMILES string of the molecule is O=C(N[C@@H](Cc1ccccc1)C(=O)O)C1CCCO1. The molecule has 5 nitrogen and oxygen atoms in total. The molecule has 2 rings (SSSR count). The number of carbonyl (C=O) groups is 2. The molecule has 0 bridgehead atoms. The average molecular weight is 263 g/mol. The van der Waals surface area contributed by atoms with E-state index in [1.165, 1.54) is 0 Å². The van der Waals surface area contributed by atoms with Gasteiger partial charge in [-0.1, -0.05) is 30.3 Å². The van der Waals surface area contributed by atoms with Gasteiger partial charge >= 0.3 is 5.97 Å². The highest BCUT2D eigenvalue weighted by Gasteiger charge is 2.28. The molecule has 0 spiro atoms. The summed E-state index contributed by atoms with van der Waals surface area (Å²) in [7, 11) is 0. The van der Waals surface area contributed by atoms with Crippen molar-refractivity contribution in [2.75, 3.05) is 6.61 Å². The molecule has 1 saturated heterocycles. The molecular weight excluding hydrogens is 246 g/mol. The van der Waals surface area contributed by atoms with E-state index in [1.807, 2.05) is 30.3 Å². The quantitative estimate of drug-likeness (QED) is 0.830. The zero-order chi connectivity index (χ0) is 13.7. The zero-order valence-electron chi connectivity index (χ0n) is 10.5. The van der Waals surface area contributed by atoms with Crippen LogP contribution >= 0.6 is 0 Å². The molecular formula is C14H17NO4. The van der Waals surface area contributed by atoms with E-state index in [1.54, 1.807) is 0 Å². The standard InChI is InChI=1S/C14H17NO4/c16-13(12-7-4-8-19-12)15-11(14(17)18)9-10-5-2-1-3-6-10/h1-3,5-6,11-12H,4,7-9H2,(H,15,16)(H,17,18)/t11-,12?/m0/s1. The molecule has 1 aromatic rings. The second kappa shape index (κ2) is 6.33. The van der Waals surface area contributed by atoms with Crippen LogP contribution in [0.3, 0.4) is 0 Å². The van der Waals surface area contributed by atoms with Crippen molar-refractivity contribution in [3.05, 3.63) is 35.9 Å². The maximum Gasteiger partial charge on any atom is 0.326 e. The summed E-state index contributed by atoms with van der Waals surface area (Å²) in [5, 5.41) is 11.7. The van der Waals surface area contributed by atoms with Crippen LogP contribution in [0.15, 0.2) is 30.3 Å². The van der Waals surface area contributed by atoms with Gasteiger partial charge in [0.05, 0.1) is 0 Å². The molecule has 1 aromatic carbocycles. The number of aliphatic carboxylic acids is 1. The van der Waals surface area contributed by atoms with Crippen LogP contribution in [0.25, 0.3) is 0 Å². The molecule has 1 unspecified atom stereocenters. The smallest absolute Gasteiger partial charge is 0.326 e. The summed E-state index contributed by atoms with van der Waals surface area (Å²) in [4.78, 5) is 23.0. The Bertz CT molecular complexity index is 440. The number of amides is 1. The fourth-order valence-corrected chi connectivity index (χ4v) is 2.10. The number of carbonyl (C=O) groups excluding carboxylic acids is 1. The van der Waals surface area contributed by atoms with Crippen LogP contribution in [0.5, 0.6) is 0 Å². The maximum absolute atomic E-state index is 11.9. The summed E-state index contributed by atoms with van der Waals surface area (Å²) >= 11 is 0. The van der Waals surface area contributed by atoms with E-state index in [-0.39, 0.29) is 12.3 Å². The van der Waals surface area contributed by atoms with Gasteiger partial charge in [0.1, 0.15) is 12.1 Å². The molecule has 19 heavy (non-hydrogen) atoms. The van der Waals surface area contributed by atoms with E-state index in [0.717, 1.165) is 12.0 Å². The van der Waals surface area contributed by atoms with E-state index >= 15 is 0 Å². The Morgan fingerprint density at radius 3 is 2.68 bits per heavy atom. The highest BCUT2D eigenvalue weighted by atomic mass is 16.5. The normalized spacial score (nSPS) is 19.9. The number of nitrogens with one attached hydrogen (secondary N) is 1. The van der Waals surface area contributed by atoms with Crippen molar-refractivity contribution in [3.8, 4) is 0 Å². The molecule has 1 aliphatic heterocycles. The van der Waals surface area contributed by atoms with E-state index in [0.29, 0.717) is 13.0 Å². The van der Waals surface area contributed by atoms with Crippen molar-refractivity contribution in [1.82, 2.24) is 5.32 Å². The summed E-state index contributed by atoms with van der Waals surface area (Å²) in [6, 6.07) is 8.32. The zero-order valence-corrected chi connectivity index (χ0v) is 10.5. The highest BCUT2D eigenvalue weighted by molar-refractivity contribution is 5.86. The number of hydrogen-bond donors (Lipinski definition) is 2. The number of rotatable bonds is 5. The number of carboxylic acids is 1. The van der Waals surface area contributed by atoms with Gasteiger partial charge in [-0.25, -0.2) is 4.79 Å². The van der Waals surface area contributed by atoms with Gasteiger partial charge in [0.2, 0.25) is 5.91 Å². The first-order valence-corrected chi connectivity index (χ1v) is 6.35. The number of hydrogen-bond acceptors (Lipinski definition) is 3. The van der Waals surface area contributed by atoms with Crippen molar-refractivity contribution < 1.29 is 19.4 Å². The minimum Gasteiger partial charge on any atom is -0.480 e. The first kappa shape index (κ1) is 13.5. The lowest BCUT2D eigenvalue weighted by Crippen LogP contribution is -2.46. The van der Waals surface area contributed by atoms with Crippen LogP contribution in [0.2, 0.25) is 0 Å². The van der Waals surface area contributed by atoms with Crippen molar-refractivity contribution in [2.45, 2.75) is 31.4 Å². The monoisotopic (exact) mass is 263 g/mol. The van der Waals surface area contributed by atoms with Crippen molar-refractivity contribution in [2.24, 2.45) is 0 Å². The lowest BCUT2D eigenvalue weighted by Gasteiger charge is -2.17. The minimum atomic E-state index is -1.03. The first-order valence-electron chi connectivity index (χ1n) is 6.35. The molecule has 102 valence electrons. The van der Waals surface area contributed by atoms with Crippen LogP contribution < -0.4 is 5.32 Å². The largest absolute Gasteiger partial charge is 0.480 e. The van der Waals surface area contributed by atoms with Crippen molar-refractivity contribution in [1.29, 1.82) is 0 Å². The Balaban J connectivity index is 1.96. The number of benzene rings is 1. The second-order valence-corrected chi connectivity index (χ2v) is 4.59. The lowest BCUT2D eigenvalue weighted by molar-refractivity contribution is -0.143. The Hall–Kier alpha value is -1.88. The molecule has 0 saturated carbocycles. The van der Waals surface area contributed by atoms with Gasteiger partial charge in [0.15, 0.2) is 0 Å². The summed E-state index contributed by atoms with van der Waals surface area (Å²) in [5.41, 5.74) is 0.877. The maximum atomic E-state index is 11.9. The van der Waals surface area contributed by atoms with E-state index in [2.05, 4.69) is 5.32 Å². The Morgan fingerprint density at radius 2 is 2.11 bits per heavy atom. The van der Waals surface area contributed by atoms with Gasteiger partial charge in [-0.15, -0.1) is 0 Å². The molecule has 5 heteroatoms. The van der Waals surface area contributed by atoms with Crippen LogP contribution in [0.4, 0.5) is 0 Å². The van der Waals surface area contributed by atoms with Crippen molar-refractivity contribution in [3.63, 3.8) is 0 Å². The van der Waals surface area contributed by atoms with Crippen LogP contribution in [-0.2, 0) is 20.7 Å². The van der Waals surface area contributed by atoms with E-state index in [4.69, 9.17) is 4.74 Å². The summed E-state index contributed by atoms with van der Waals surface area (Å²) in [6.45, 7) is 0.564. The number of carboxylic acid groups (broad SMARTS) is 1. The predicted octanol–water partition coefficient (Wildman–Crippen LogP) is 0.977. The third-order valence-electron chi connectivity index (χ3n) is 3.12. The second-order valence-electron chi connectivity index (χ2n) is 4.59.